The quantitative estimate of drug-likeness (QED) is 0.483. The number of halogens is 3. The molecule has 2 N–H and O–H groups in total. The first-order valence-electron chi connectivity index (χ1n) is 9.06. The summed E-state index contributed by atoms with van der Waals surface area (Å²) in [5.41, 5.74) is 7.39. The van der Waals surface area contributed by atoms with Crippen molar-refractivity contribution in [1.82, 2.24) is 0 Å². The van der Waals surface area contributed by atoms with Gasteiger partial charge in [-0.25, -0.2) is 9.59 Å². The number of allylic oxidation sites excluding steroid dienone is 1. The Labute approximate surface area is 209 Å². The second kappa shape index (κ2) is 9.90. The predicted octanol–water partition coefficient (Wildman–Crippen LogP) is 4.87. The summed E-state index contributed by atoms with van der Waals surface area (Å²) in [4.78, 5) is 27.4. The maximum atomic E-state index is 13.1. The third-order valence-electron chi connectivity index (χ3n) is 4.82. The Morgan fingerprint density at radius 1 is 1.03 bits per heavy atom. The van der Waals surface area contributed by atoms with Crippen LogP contribution in [0.1, 0.15) is 11.5 Å². The molecule has 32 heavy (non-hydrogen) atoms. The zero-order valence-corrected chi connectivity index (χ0v) is 21.6. The molecule has 0 saturated heterocycles. The average Bonchev–Trinajstić information content (AvgIpc) is 2.78. The van der Waals surface area contributed by atoms with E-state index in [4.69, 9.17) is 15.2 Å². The monoisotopic (exact) mass is 623 g/mol. The molecule has 0 fully saturated rings. The van der Waals surface area contributed by atoms with E-state index in [2.05, 4.69) is 53.9 Å². The van der Waals surface area contributed by atoms with E-state index < -0.39 is 17.9 Å². The van der Waals surface area contributed by atoms with Gasteiger partial charge in [0.05, 0.1) is 43.0 Å². The number of nitrogens with zero attached hydrogens (tertiary/aromatic N) is 2. The lowest BCUT2D eigenvalue weighted by molar-refractivity contribution is -0.139. The summed E-state index contributed by atoms with van der Waals surface area (Å²) in [7, 11) is 2.40. The van der Waals surface area contributed by atoms with Crippen LogP contribution in [0.4, 0.5) is 5.69 Å². The number of carbonyl (C=O) groups excluding carboxylic acids is 2. The summed E-state index contributed by atoms with van der Waals surface area (Å²) in [6.07, 6.45) is 0. The summed E-state index contributed by atoms with van der Waals surface area (Å²) < 4.78 is 11.9. The maximum Gasteiger partial charge on any atom is 0.355 e. The van der Waals surface area contributed by atoms with Crippen molar-refractivity contribution in [2.45, 2.75) is 5.92 Å². The Morgan fingerprint density at radius 3 is 2.09 bits per heavy atom. The lowest BCUT2D eigenvalue weighted by Gasteiger charge is -2.36. The number of hydrogen-bond acceptors (Lipinski definition) is 7. The van der Waals surface area contributed by atoms with Crippen LogP contribution in [0.3, 0.4) is 0 Å². The normalized spacial score (nSPS) is 16.0. The van der Waals surface area contributed by atoms with Crippen molar-refractivity contribution in [3.8, 4) is 6.07 Å². The summed E-state index contributed by atoms with van der Waals surface area (Å²) in [6.45, 7) is 0. The fraction of sp³-hybridized carbons (Fsp3) is 0.136. The Kier molecular flexibility index (Phi) is 7.44. The van der Waals surface area contributed by atoms with Crippen molar-refractivity contribution < 1.29 is 19.1 Å². The van der Waals surface area contributed by atoms with Crippen molar-refractivity contribution in [2.24, 2.45) is 5.73 Å². The lowest BCUT2D eigenvalue weighted by atomic mass is 9.81. The van der Waals surface area contributed by atoms with E-state index in [0.29, 0.717) is 20.2 Å². The Bertz CT molecular complexity index is 1180. The van der Waals surface area contributed by atoms with Crippen LogP contribution < -0.4 is 10.6 Å². The number of ether oxygens (including phenoxy) is 2. The second-order valence-electron chi connectivity index (χ2n) is 6.55. The van der Waals surface area contributed by atoms with E-state index in [1.54, 1.807) is 42.5 Å². The van der Waals surface area contributed by atoms with Gasteiger partial charge in [-0.2, -0.15) is 5.26 Å². The molecule has 2 aromatic rings. The molecule has 0 bridgehead atoms. The molecule has 0 aromatic heterocycles. The summed E-state index contributed by atoms with van der Waals surface area (Å²) >= 11 is 10.4. The van der Waals surface area contributed by atoms with E-state index >= 15 is 0 Å². The van der Waals surface area contributed by atoms with Crippen LogP contribution in [0.25, 0.3) is 0 Å². The third-order valence-corrected chi connectivity index (χ3v) is 6.48. The molecule has 0 amide bonds. The molecule has 1 heterocycles. The molecule has 164 valence electrons. The minimum Gasteiger partial charge on any atom is -0.466 e. The molecule has 1 atom stereocenters. The molecule has 0 radical (unpaired) electrons. The highest BCUT2D eigenvalue weighted by Gasteiger charge is 2.43. The van der Waals surface area contributed by atoms with Gasteiger partial charge in [0, 0.05) is 13.4 Å². The summed E-state index contributed by atoms with van der Waals surface area (Å²) in [5, 5.41) is 10.1. The van der Waals surface area contributed by atoms with Gasteiger partial charge >= 0.3 is 11.9 Å². The Morgan fingerprint density at radius 2 is 1.59 bits per heavy atom. The number of esters is 2. The van der Waals surface area contributed by atoms with Crippen LogP contribution in [0.5, 0.6) is 0 Å². The zero-order valence-electron chi connectivity index (χ0n) is 16.9. The van der Waals surface area contributed by atoms with Crippen LogP contribution in [-0.4, -0.2) is 26.2 Å². The fourth-order valence-corrected chi connectivity index (χ4v) is 6.11. The van der Waals surface area contributed by atoms with Gasteiger partial charge in [0.15, 0.2) is 0 Å². The first-order valence-corrected chi connectivity index (χ1v) is 11.4. The number of benzene rings is 2. The highest BCUT2D eigenvalue weighted by molar-refractivity contribution is 9.11. The average molecular weight is 626 g/mol. The van der Waals surface area contributed by atoms with Crippen molar-refractivity contribution in [1.29, 1.82) is 5.26 Å². The van der Waals surface area contributed by atoms with Crippen molar-refractivity contribution in [2.75, 3.05) is 19.1 Å². The van der Waals surface area contributed by atoms with Gasteiger partial charge in [-0.15, -0.1) is 0 Å². The highest BCUT2D eigenvalue weighted by atomic mass is 79.9. The molecule has 2 aromatic carbocycles. The van der Waals surface area contributed by atoms with Gasteiger partial charge in [0.1, 0.15) is 11.5 Å². The molecule has 0 spiro atoms. The lowest BCUT2D eigenvalue weighted by Crippen LogP contribution is -2.41. The number of methoxy groups -OCH3 is 2. The fourth-order valence-electron chi connectivity index (χ4n) is 3.49. The number of carbonyl (C=O) groups is 2. The largest absolute Gasteiger partial charge is 0.466 e. The first kappa shape index (κ1) is 24.0. The van der Waals surface area contributed by atoms with Crippen LogP contribution >= 0.6 is 47.8 Å². The first-order chi connectivity index (χ1) is 15.3. The number of hydrogen-bond donors (Lipinski definition) is 1. The van der Waals surface area contributed by atoms with Gasteiger partial charge in [0.2, 0.25) is 0 Å². The number of nitrogens with two attached hydrogens (primary N) is 1. The van der Waals surface area contributed by atoms with E-state index in [0.717, 1.165) is 4.47 Å². The molecule has 10 heteroatoms. The highest BCUT2D eigenvalue weighted by Crippen LogP contribution is 2.47. The second-order valence-corrected chi connectivity index (χ2v) is 9.18. The molecule has 0 saturated carbocycles. The van der Waals surface area contributed by atoms with E-state index in [1.165, 1.54) is 19.1 Å². The smallest absolute Gasteiger partial charge is 0.355 e. The summed E-state index contributed by atoms with van der Waals surface area (Å²) in [5.74, 6) is -2.54. The van der Waals surface area contributed by atoms with Crippen LogP contribution in [-0.2, 0) is 19.1 Å². The number of nitriles is 1. The van der Waals surface area contributed by atoms with Crippen LogP contribution in [0.15, 0.2) is 78.5 Å². The van der Waals surface area contributed by atoms with Crippen LogP contribution in [0.2, 0.25) is 0 Å². The van der Waals surface area contributed by atoms with Gasteiger partial charge in [0.25, 0.3) is 0 Å². The summed E-state index contributed by atoms with van der Waals surface area (Å²) in [6, 6.07) is 14.4. The van der Waals surface area contributed by atoms with E-state index in [-0.39, 0.29) is 22.7 Å². The molecule has 1 unspecified atom stereocenters. The molecule has 1 aliphatic heterocycles. The van der Waals surface area contributed by atoms with Crippen LogP contribution in [0, 0.1) is 11.3 Å². The number of anilines is 1. The molecule has 3 rings (SSSR count). The van der Waals surface area contributed by atoms with Gasteiger partial charge < -0.3 is 15.2 Å². The molecule has 0 aliphatic carbocycles. The molecule has 1 aliphatic rings. The minimum atomic E-state index is -0.924. The maximum absolute atomic E-state index is 13.1. The van der Waals surface area contributed by atoms with Crippen molar-refractivity contribution >= 4 is 65.4 Å². The minimum absolute atomic E-state index is 0.0156. The third kappa shape index (κ3) is 4.20. The standard InChI is InChI=1S/C22H16Br3N3O4/c1-31-21(29)17-16(11-6-4-3-5-7-11)13(10-26)20(27)28(19(17)22(30)32-2)18-14(24)8-12(23)9-15(18)25/h3-9,16H,27H2,1-2H3. The predicted molar refractivity (Wildman–Crippen MR) is 129 cm³/mol. The molecular formula is C22H16Br3N3O4. The van der Waals surface area contributed by atoms with Crippen molar-refractivity contribution in [3.05, 3.63) is 84.1 Å². The SMILES string of the molecule is COC(=O)C1=C(C(=O)OC)N(c2c(Br)cc(Br)cc2Br)C(N)=C(C#N)C1c1ccccc1. The van der Waals surface area contributed by atoms with Gasteiger partial charge in [-0.05, 0) is 49.6 Å². The van der Waals surface area contributed by atoms with Gasteiger partial charge in [-0.3, -0.25) is 4.90 Å². The molecule has 7 nitrogen and oxygen atoms in total. The molecular weight excluding hydrogens is 610 g/mol. The Balaban J connectivity index is 2.48. The van der Waals surface area contributed by atoms with Crippen molar-refractivity contribution in [3.63, 3.8) is 0 Å². The topological polar surface area (TPSA) is 106 Å². The van der Waals surface area contributed by atoms with E-state index in [1.807, 2.05) is 0 Å². The van der Waals surface area contributed by atoms with E-state index in [9.17, 15) is 14.9 Å². The zero-order chi connectivity index (χ0) is 23.6. The Hall–Kier alpha value is -2.61. The number of rotatable bonds is 4. The van der Waals surface area contributed by atoms with Gasteiger partial charge in [-0.1, -0.05) is 46.3 Å².